The molecule has 2 aromatic carbocycles. The summed E-state index contributed by atoms with van der Waals surface area (Å²) in [5.41, 5.74) is 6.88. The number of ketones is 1. The van der Waals surface area contributed by atoms with Gasteiger partial charge in [-0.1, -0.05) is 35.9 Å². The number of hydrogen-bond donors (Lipinski definition) is 0. The second-order valence-corrected chi connectivity index (χ2v) is 6.35. The Kier molecular flexibility index (Phi) is 4.02. The third kappa shape index (κ3) is 2.78. The predicted octanol–water partition coefficient (Wildman–Crippen LogP) is 4.25. The molecule has 2 heteroatoms. The summed E-state index contributed by atoms with van der Waals surface area (Å²) in [6.45, 7) is 7.60. The van der Waals surface area contributed by atoms with Crippen LogP contribution in [0.25, 0.3) is 0 Å². The first kappa shape index (κ1) is 14.8. The summed E-state index contributed by atoms with van der Waals surface area (Å²) >= 11 is 0. The zero-order valence-electron chi connectivity index (χ0n) is 13.6. The lowest BCUT2D eigenvalue weighted by Crippen LogP contribution is -2.34. The Morgan fingerprint density at radius 3 is 2.50 bits per heavy atom. The second-order valence-electron chi connectivity index (χ2n) is 6.35. The summed E-state index contributed by atoms with van der Waals surface area (Å²) in [6, 6.07) is 12.7. The highest BCUT2D eigenvalue weighted by Gasteiger charge is 2.21. The number of aryl methyl sites for hydroxylation is 4. The van der Waals surface area contributed by atoms with E-state index in [0.29, 0.717) is 6.54 Å². The van der Waals surface area contributed by atoms with Gasteiger partial charge in [0.25, 0.3) is 0 Å². The van der Waals surface area contributed by atoms with E-state index in [-0.39, 0.29) is 5.78 Å². The molecule has 0 unspecified atom stereocenters. The van der Waals surface area contributed by atoms with E-state index in [4.69, 9.17) is 0 Å². The molecule has 3 rings (SSSR count). The summed E-state index contributed by atoms with van der Waals surface area (Å²) in [6.07, 6.45) is 2.24. The number of carbonyl (C=O) groups excluding carboxylic acids is 1. The molecular formula is C20H23NO. The molecule has 2 nitrogen and oxygen atoms in total. The third-order valence-corrected chi connectivity index (χ3v) is 4.50. The van der Waals surface area contributed by atoms with Gasteiger partial charge in [-0.2, -0.15) is 0 Å². The van der Waals surface area contributed by atoms with Crippen molar-refractivity contribution in [3.05, 3.63) is 64.2 Å². The fraction of sp³-hybridized carbons (Fsp3) is 0.350. The Bertz CT molecular complexity index is 694. The Balaban J connectivity index is 1.87. The van der Waals surface area contributed by atoms with E-state index in [2.05, 4.69) is 48.2 Å². The zero-order valence-corrected chi connectivity index (χ0v) is 13.6. The van der Waals surface area contributed by atoms with E-state index in [1.54, 1.807) is 0 Å². The van der Waals surface area contributed by atoms with Crippen molar-refractivity contribution in [2.75, 3.05) is 18.0 Å². The van der Waals surface area contributed by atoms with Crippen molar-refractivity contribution in [3.8, 4) is 0 Å². The monoisotopic (exact) mass is 293 g/mol. The molecule has 0 aromatic heterocycles. The van der Waals surface area contributed by atoms with Gasteiger partial charge in [0.1, 0.15) is 0 Å². The molecule has 1 aliphatic heterocycles. The van der Waals surface area contributed by atoms with Crippen molar-refractivity contribution in [3.63, 3.8) is 0 Å². The molecule has 2 aromatic rings. The average Bonchev–Trinajstić information content (AvgIpc) is 2.46. The van der Waals surface area contributed by atoms with E-state index in [1.807, 2.05) is 13.8 Å². The highest BCUT2D eigenvalue weighted by molar-refractivity contribution is 6.01. The van der Waals surface area contributed by atoms with Crippen LogP contribution in [0.1, 0.15) is 39.0 Å². The van der Waals surface area contributed by atoms with Gasteiger partial charge in [-0.05, 0) is 56.4 Å². The first-order valence-corrected chi connectivity index (χ1v) is 8.00. The molecule has 0 atom stereocenters. The van der Waals surface area contributed by atoms with E-state index >= 15 is 0 Å². The van der Waals surface area contributed by atoms with Gasteiger partial charge in [-0.3, -0.25) is 4.79 Å². The van der Waals surface area contributed by atoms with Crippen molar-refractivity contribution >= 4 is 11.5 Å². The highest BCUT2D eigenvalue weighted by Crippen LogP contribution is 2.27. The Morgan fingerprint density at radius 1 is 1.09 bits per heavy atom. The van der Waals surface area contributed by atoms with Crippen LogP contribution in [-0.2, 0) is 6.42 Å². The lowest BCUT2D eigenvalue weighted by molar-refractivity contribution is 0.0997. The van der Waals surface area contributed by atoms with Crippen LogP contribution in [0, 0.1) is 20.8 Å². The van der Waals surface area contributed by atoms with Crippen LogP contribution in [0.5, 0.6) is 0 Å². The number of para-hydroxylation sites is 1. The SMILES string of the molecule is Cc1cc(C)c(C(=O)CN2CCCc3ccccc32)c(C)c1. The lowest BCUT2D eigenvalue weighted by atomic mass is 9.95. The normalized spacial score (nSPS) is 13.9. The number of benzene rings is 2. The number of hydrogen-bond acceptors (Lipinski definition) is 2. The molecule has 0 spiro atoms. The van der Waals surface area contributed by atoms with E-state index < -0.39 is 0 Å². The largest absolute Gasteiger partial charge is 0.364 e. The van der Waals surface area contributed by atoms with Crippen molar-refractivity contribution in [1.29, 1.82) is 0 Å². The van der Waals surface area contributed by atoms with E-state index in [1.165, 1.54) is 16.8 Å². The maximum atomic E-state index is 12.8. The maximum absolute atomic E-state index is 12.8. The smallest absolute Gasteiger partial charge is 0.182 e. The van der Waals surface area contributed by atoms with Gasteiger partial charge in [0, 0.05) is 17.8 Å². The third-order valence-electron chi connectivity index (χ3n) is 4.50. The molecule has 0 fully saturated rings. The fourth-order valence-electron chi connectivity index (χ4n) is 3.65. The Morgan fingerprint density at radius 2 is 1.77 bits per heavy atom. The van der Waals surface area contributed by atoms with Crippen molar-refractivity contribution in [2.45, 2.75) is 33.6 Å². The van der Waals surface area contributed by atoms with Crippen LogP contribution in [0.15, 0.2) is 36.4 Å². The lowest BCUT2D eigenvalue weighted by Gasteiger charge is -2.31. The summed E-state index contributed by atoms with van der Waals surface area (Å²) in [4.78, 5) is 15.1. The van der Waals surface area contributed by atoms with Gasteiger partial charge < -0.3 is 4.90 Å². The van der Waals surface area contributed by atoms with Gasteiger partial charge >= 0.3 is 0 Å². The predicted molar refractivity (Wildman–Crippen MR) is 92.0 cm³/mol. The first-order valence-electron chi connectivity index (χ1n) is 8.00. The van der Waals surface area contributed by atoms with E-state index in [9.17, 15) is 4.79 Å². The minimum Gasteiger partial charge on any atom is -0.364 e. The Labute approximate surface area is 132 Å². The highest BCUT2D eigenvalue weighted by atomic mass is 16.1. The summed E-state index contributed by atoms with van der Waals surface area (Å²) in [5, 5.41) is 0. The standard InChI is InChI=1S/C20H23NO/c1-14-11-15(2)20(16(3)12-14)19(22)13-21-10-6-8-17-7-4-5-9-18(17)21/h4-5,7,9,11-12H,6,8,10,13H2,1-3H3. The fourth-order valence-corrected chi connectivity index (χ4v) is 3.65. The summed E-state index contributed by atoms with van der Waals surface area (Å²) in [7, 11) is 0. The van der Waals surface area contributed by atoms with Gasteiger partial charge in [0.2, 0.25) is 0 Å². The van der Waals surface area contributed by atoms with Crippen LogP contribution in [0.3, 0.4) is 0 Å². The molecule has 114 valence electrons. The molecule has 0 saturated carbocycles. The minimum absolute atomic E-state index is 0.228. The number of nitrogens with zero attached hydrogens (tertiary/aromatic N) is 1. The van der Waals surface area contributed by atoms with Crippen molar-refractivity contribution in [2.24, 2.45) is 0 Å². The maximum Gasteiger partial charge on any atom is 0.182 e. The quantitative estimate of drug-likeness (QED) is 0.789. The molecule has 0 bridgehead atoms. The molecule has 1 aliphatic rings. The second kappa shape index (κ2) is 5.96. The average molecular weight is 293 g/mol. The molecule has 1 heterocycles. The van der Waals surface area contributed by atoms with Gasteiger partial charge in [-0.15, -0.1) is 0 Å². The van der Waals surface area contributed by atoms with Gasteiger partial charge in [0.15, 0.2) is 5.78 Å². The van der Waals surface area contributed by atoms with Crippen LogP contribution in [0.4, 0.5) is 5.69 Å². The van der Waals surface area contributed by atoms with Crippen LogP contribution < -0.4 is 4.90 Å². The van der Waals surface area contributed by atoms with Crippen molar-refractivity contribution < 1.29 is 4.79 Å². The molecule has 0 amide bonds. The van der Waals surface area contributed by atoms with E-state index in [0.717, 1.165) is 36.1 Å². The molecule has 0 aliphatic carbocycles. The van der Waals surface area contributed by atoms with Crippen LogP contribution in [0.2, 0.25) is 0 Å². The Hall–Kier alpha value is -2.09. The molecule has 0 N–H and O–H groups in total. The topological polar surface area (TPSA) is 20.3 Å². The summed E-state index contributed by atoms with van der Waals surface area (Å²) < 4.78 is 0. The number of anilines is 1. The number of rotatable bonds is 3. The van der Waals surface area contributed by atoms with Gasteiger partial charge in [0.05, 0.1) is 6.54 Å². The van der Waals surface area contributed by atoms with Crippen molar-refractivity contribution in [1.82, 2.24) is 0 Å². The molecular weight excluding hydrogens is 270 g/mol. The first-order chi connectivity index (χ1) is 10.6. The van der Waals surface area contributed by atoms with Crippen LogP contribution in [-0.4, -0.2) is 18.9 Å². The number of Topliss-reactive ketones (excluding diaryl/α,β-unsaturated/α-hetero) is 1. The molecule has 0 saturated heterocycles. The van der Waals surface area contributed by atoms with Gasteiger partial charge in [-0.25, -0.2) is 0 Å². The summed E-state index contributed by atoms with van der Waals surface area (Å²) in [5.74, 6) is 0.228. The minimum atomic E-state index is 0.228. The molecule has 22 heavy (non-hydrogen) atoms. The zero-order chi connectivity index (χ0) is 15.7. The molecule has 0 radical (unpaired) electrons. The van der Waals surface area contributed by atoms with Crippen LogP contribution >= 0.6 is 0 Å². The number of fused-ring (bicyclic) bond motifs is 1. The number of carbonyl (C=O) groups is 1.